The van der Waals surface area contributed by atoms with Crippen molar-refractivity contribution in [2.75, 3.05) is 7.11 Å². The highest BCUT2D eigenvalue weighted by Gasteiger charge is 2.03. The molecule has 0 radical (unpaired) electrons. The van der Waals surface area contributed by atoms with E-state index in [2.05, 4.69) is 6.58 Å². The van der Waals surface area contributed by atoms with Crippen LogP contribution in [0.1, 0.15) is 12.8 Å². The molecule has 15 heavy (non-hydrogen) atoms. The van der Waals surface area contributed by atoms with Crippen LogP contribution < -0.4 is 9.47 Å². The molecule has 0 saturated carbocycles. The number of hydrogen-bond acceptors (Lipinski definition) is 3. The van der Waals surface area contributed by atoms with Crippen molar-refractivity contribution in [3.05, 3.63) is 36.9 Å². The van der Waals surface area contributed by atoms with Crippen LogP contribution in [0.4, 0.5) is 0 Å². The number of esters is 1. The van der Waals surface area contributed by atoms with Gasteiger partial charge in [-0.2, -0.15) is 0 Å². The highest BCUT2D eigenvalue weighted by molar-refractivity contribution is 5.72. The van der Waals surface area contributed by atoms with Gasteiger partial charge in [0.25, 0.3) is 0 Å². The fourth-order valence-corrected chi connectivity index (χ4v) is 1.05. The van der Waals surface area contributed by atoms with Gasteiger partial charge in [0, 0.05) is 6.42 Å². The van der Waals surface area contributed by atoms with Crippen LogP contribution in [-0.2, 0) is 4.79 Å². The van der Waals surface area contributed by atoms with Crippen molar-refractivity contribution in [2.24, 2.45) is 0 Å². The number of methoxy groups -OCH3 is 1. The van der Waals surface area contributed by atoms with Gasteiger partial charge in [0.1, 0.15) is 11.5 Å². The largest absolute Gasteiger partial charge is 0.497 e. The van der Waals surface area contributed by atoms with Crippen LogP contribution >= 0.6 is 0 Å². The summed E-state index contributed by atoms with van der Waals surface area (Å²) in [4.78, 5) is 11.2. The third-order valence-corrected chi connectivity index (χ3v) is 1.84. The molecule has 1 aromatic rings. The molecule has 0 N–H and O–H groups in total. The molecule has 0 saturated heterocycles. The van der Waals surface area contributed by atoms with Gasteiger partial charge < -0.3 is 9.47 Å². The molecule has 80 valence electrons. The first kappa shape index (κ1) is 11.3. The second-order valence-corrected chi connectivity index (χ2v) is 2.98. The van der Waals surface area contributed by atoms with Crippen molar-refractivity contribution in [3.8, 4) is 11.5 Å². The standard InChI is InChI=1S/C12H14O3/c1-3-4-5-12(13)15-11-8-6-10(14-2)7-9-11/h3,6-9H,1,4-5H2,2H3. The highest BCUT2D eigenvalue weighted by Crippen LogP contribution is 2.17. The number of carbonyl (C=O) groups is 1. The van der Waals surface area contributed by atoms with Gasteiger partial charge in [-0.1, -0.05) is 6.08 Å². The number of hydrogen-bond donors (Lipinski definition) is 0. The summed E-state index contributed by atoms with van der Waals surface area (Å²) >= 11 is 0. The molecule has 0 atom stereocenters. The summed E-state index contributed by atoms with van der Waals surface area (Å²) in [6, 6.07) is 6.89. The van der Waals surface area contributed by atoms with Gasteiger partial charge in [-0.05, 0) is 30.7 Å². The lowest BCUT2D eigenvalue weighted by Crippen LogP contribution is -2.06. The maximum absolute atomic E-state index is 11.2. The van der Waals surface area contributed by atoms with E-state index in [-0.39, 0.29) is 5.97 Å². The Morgan fingerprint density at radius 3 is 2.47 bits per heavy atom. The second-order valence-electron chi connectivity index (χ2n) is 2.98. The van der Waals surface area contributed by atoms with E-state index in [9.17, 15) is 4.79 Å². The van der Waals surface area contributed by atoms with E-state index in [0.29, 0.717) is 18.6 Å². The zero-order chi connectivity index (χ0) is 11.1. The summed E-state index contributed by atoms with van der Waals surface area (Å²) in [6.07, 6.45) is 2.68. The Hall–Kier alpha value is -1.77. The van der Waals surface area contributed by atoms with Crippen LogP contribution in [0, 0.1) is 0 Å². The molecule has 0 aliphatic heterocycles. The van der Waals surface area contributed by atoms with Gasteiger partial charge >= 0.3 is 5.97 Å². The highest BCUT2D eigenvalue weighted by atomic mass is 16.5. The minimum atomic E-state index is -0.250. The quantitative estimate of drug-likeness (QED) is 0.422. The minimum absolute atomic E-state index is 0.250. The molecular formula is C12H14O3. The van der Waals surface area contributed by atoms with Crippen LogP contribution in [0.25, 0.3) is 0 Å². The Bertz CT molecular complexity index is 327. The first-order valence-electron chi connectivity index (χ1n) is 4.72. The van der Waals surface area contributed by atoms with Gasteiger partial charge in [0.05, 0.1) is 7.11 Å². The van der Waals surface area contributed by atoms with Crippen LogP contribution in [0.3, 0.4) is 0 Å². The van der Waals surface area contributed by atoms with Crippen LogP contribution in [0.5, 0.6) is 11.5 Å². The second kappa shape index (κ2) is 5.86. The number of rotatable bonds is 5. The molecule has 0 bridgehead atoms. The van der Waals surface area contributed by atoms with Crippen LogP contribution in [0.15, 0.2) is 36.9 Å². The zero-order valence-corrected chi connectivity index (χ0v) is 8.73. The number of allylic oxidation sites excluding steroid dienone is 1. The first-order chi connectivity index (χ1) is 7.26. The molecule has 0 heterocycles. The Morgan fingerprint density at radius 2 is 1.93 bits per heavy atom. The van der Waals surface area contributed by atoms with Crippen molar-refractivity contribution in [3.63, 3.8) is 0 Å². The third-order valence-electron chi connectivity index (χ3n) is 1.84. The summed E-state index contributed by atoms with van der Waals surface area (Å²) in [5.74, 6) is 1.02. The van der Waals surface area contributed by atoms with Crippen molar-refractivity contribution in [1.29, 1.82) is 0 Å². The molecule has 0 unspecified atom stereocenters. The topological polar surface area (TPSA) is 35.5 Å². The van der Waals surface area contributed by atoms with Gasteiger partial charge in [-0.15, -0.1) is 6.58 Å². The zero-order valence-electron chi connectivity index (χ0n) is 8.73. The van der Waals surface area contributed by atoms with E-state index < -0.39 is 0 Å². The molecule has 1 rings (SSSR count). The van der Waals surface area contributed by atoms with E-state index >= 15 is 0 Å². The number of benzene rings is 1. The summed E-state index contributed by atoms with van der Waals surface area (Å²) in [5, 5.41) is 0. The monoisotopic (exact) mass is 206 g/mol. The average molecular weight is 206 g/mol. The fraction of sp³-hybridized carbons (Fsp3) is 0.250. The fourth-order valence-electron chi connectivity index (χ4n) is 1.05. The van der Waals surface area contributed by atoms with E-state index in [4.69, 9.17) is 9.47 Å². The van der Waals surface area contributed by atoms with Gasteiger partial charge in [0.2, 0.25) is 0 Å². The van der Waals surface area contributed by atoms with E-state index in [0.717, 1.165) is 5.75 Å². The SMILES string of the molecule is C=CCCC(=O)Oc1ccc(OC)cc1. The molecule has 0 fully saturated rings. The van der Waals surface area contributed by atoms with Crippen molar-refractivity contribution in [1.82, 2.24) is 0 Å². The van der Waals surface area contributed by atoms with E-state index in [1.807, 2.05) is 0 Å². The van der Waals surface area contributed by atoms with Crippen LogP contribution in [0.2, 0.25) is 0 Å². The molecule has 0 amide bonds. The van der Waals surface area contributed by atoms with E-state index in [1.165, 1.54) is 0 Å². The third kappa shape index (κ3) is 3.85. The predicted octanol–water partition coefficient (Wildman–Crippen LogP) is 2.57. The lowest BCUT2D eigenvalue weighted by molar-refractivity contribution is -0.134. The average Bonchev–Trinajstić information content (AvgIpc) is 2.27. The predicted molar refractivity (Wildman–Crippen MR) is 58.1 cm³/mol. The molecule has 1 aromatic carbocycles. The van der Waals surface area contributed by atoms with Crippen molar-refractivity contribution in [2.45, 2.75) is 12.8 Å². The molecule has 3 heteroatoms. The molecule has 0 aliphatic rings. The summed E-state index contributed by atoms with van der Waals surface area (Å²) < 4.78 is 10.1. The maximum atomic E-state index is 11.2. The normalized spacial score (nSPS) is 9.40. The van der Waals surface area contributed by atoms with Gasteiger partial charge in [-0.25, -0.2) is 0 Å². The Kier molecular flexibility index (Phi) is 4.41. The number of ether oxygens (including phenoxy) is 2. The van der Waals surface area contributed by atoms with Gasteiger partial charge in [0.15, 0.2) is 0 Å². The molecule has 0 spiro atoms. The summed E-state index contributed by atoms with van der Waals surface area (Å²) in [6.45, 7) is 3.54. The molecule has 3 nitrogen and oxygen atoms in total. The molecule has 0 aliphatic carbocycles. The lowest BCUT2D eigenvalue weighted by Gasteiger charge is -2.04. The summed E-state index contributed by atoms with van der Waals surface area (Å²) in [7, 11) is 1.59. The van der Waals surface area contributed by atoms with Crippen molar-refractivity contribution >= 4 is 5.97 Å². The maximum Gasteiger partial charge on any atom is 0.311 e. The smallest absolute Gasteiger partial charge is 0.311 e. The Balaban J connectivity index is 2.49. The Morgan fingerprint density at radius 1 is 1.33 bits per heavy atom. The van der Waals surface area contributed by atoms with Gasteiger partial charge in [-0.3, -0.25) is 4.79 Å². The lowest BCUT2D eigenvalue weighted by atomic mass is 10.3. The molecule has 0 aromatic heterocycles. The Labute approximate surface area is 89.3 Å². The van der Waals surface area contributed by atoms with Crippen LogP contribution in [-0.4, -0.2) is 13.1 Å². The molecular weight excluding hydrogens is 192 g/mol. The summed E-state index contributed by atoms with van der Waals surface area (Å²) in [5.41, 5.74) is 0. The minimum Gasteiger partial charge on any atom is -0.497 e. The number of carbonyl (C=O) groups excluding carboxylic acids is 1. The first-order valence-corrected chi connectivity index (χ1v) is 4.72. The van der Waals surface area contributed by atoms with E-state index in [1.54, 1.807) is 37.5 Å². The van der Waals surface area contributed by atoms with Crippen molar-refractivity contribution < 1.29 is 14.3 Å².